The molecule has 1 unspecified atom stereocenters. The van der Waals surface area contributed by atoms with Crippen molar-refractivity contribution in [2.24, 2.45) is 5.92 Å². The van der Waals surface area contributed by atoms with E-state index in [-0.39, 0.29) is 35.5 Å². The molecule has 7 nitrogen and oxygen atoms in total. The lowest BCUT2D eigenvalue weighted by Gasteiger charge is -2.16. The Hall–Kier alpha value is -2.44. The minimum atomic E-state index is -0.628. The van der Waals surface area contributed by atoms with Crippen molar-refractivity contribution in [3.05, 3.63) is 28.3 Å². The molecule has 0 aromatic heterocycles. The summed E-state index contributed by atoms with van der Waals surface area (Å²) in [5.41, 5.74) is -0.255. The van der Waals surface area contributed by atoms with Gasteiger partial charge in [0.2, 0.25) is 11.8 Å². The molecule has 1 aliphatic heterocycles. The van der Waals surface area contributed by atoms with E-state index < -0.39 is 10.7 Å². The first-order valence-corrected chi connectivity index (χ1v) is 13.8. The zero-order valence-corrected chi connectivity index (χ0v) is 21.5. The maximum Gasteiger partial charge on any atom is 0.273 e. The highest BCUT2D eigenvalue weighted by Gasteiger charge is 2.40. The Morgan fingerprint density at radius 3 is 1.80 bits per heavy atom. The summed E-state index contributed by atoms with van der Waals surface area (Å²) in [7, 11) is 0. The van der Waals surface area contributed by atoms with Gasteiger partial charge >= 0.3 is 0 Å². The molecule has 1 N–H and O–H groups in total. The van der Waals surface area contributed by atoms with Gasteiger partial charge in [0, 0.05) is 18.4 Å². The molecular weight excluding hydrogens is 444 g/mol. The normalized spacial score (nSPS) is 15.8. The number of phenols is 1. The van der Waals surface area contributed by atoms with Crippen LogP contribution in [0.1, 0.15) is 122 Å². The highest BCUT2D eigenvalue weighted by Crippen LogP contribution is 2.36. The van der Waals surface area contributed by atoms with Crippen LogP contribution in [0.25, 0.3) is 0 Å². The fourth-order valence-electron chi connectivity index (χ4n) is 4.93. The number of nitro benzene ring substituents is 1. The Morgan fingerprint density at radius 1 is 0.857 bits per heavy atom. The van der Waals surface area contributed by atoms with E-state index in [2.05, 4.69) is 6.92 Å². The van der Waals surface area contributed by atoms with E-state index in [0.717, 1.165) is 30.2 Å². The lowest BCUT2D eigenvalue weighted by molar-refractivity contribution is -0.384. The predicted molar refractivity (Wildman–Crippen MR) is 140 cm³/mol. The number of aromatic hydroxyl groups is 1. The van der Waals surface area contributed by atoms with Crippen molar-refractivity contribution in [2.45, 2.75) is 122 Å². The van der Waals surface area contributed by atoms with Crippen molar-refractivity contribution in [3.8, 4) is 5.75 Å². The lowest BCUT2D eigenvalue weighted by atomic mass is 9.98. The molecule has 1 saturated heterocycles. The van der Waals surface area contributed by atoms with E-state index in [1.54, 1.807) is 0 Å². The Labute approximate surface area is 210 Å². The van der Waals surface area contributed by atoms with Crippen LogP contribution in [0.3, 0.4) is 0 Å². The minimum Gasteiger partial charge on any atom is -0.505 e. The Kier molecular flexibility index (Phi) is 13.4. The molecule has 1 fully saturated rings. The van der Waals surface area contributed by atoms with Gasteiger partial charge in [0.15, 0.2) is 0 Å². The summed E-state index contributed by atoms with van der Waals surface area (Å²) in [5, 5.41) is 20.9. The summed E-state index contributed by atoms with van der Waals surface area (Å²) < 4.78 is 0. The van der Waals surface area contributed by atoms with Gasteiger partial charge < -0.3 is 5.11 Å². The summed E-state index contributed by atoms with van der Waals surface area (Å²) in [6.07, 6.45) is 21.4. The maximum absolute atomic E-state index is 12.7. The van der Waals surface area contributed by atoms with Crippen molar-refractivity contribution in [3.63, 3.8) is 0 Å². The largest absolute Gasteiger partial charge is 0.505 e. The molecule has 1 atom stereocenters. The Bertz CT molecular complexity index is 811. The summed E-state index contributed by atoms with van der Waals surface area (Å²) in [6.45, 7) is 2.26. The van der Waals surface area contributed by atoms with Crippen LogP contribution in [-0.2, 0) is 9.59 Å². The molecule has 0 aliphatic carbocycles. The molecule has 1 aliphatic rings. The van der Waals surface area contributed by atoms with Crippen LogP contribution in [-0.4, -0.2) is 21.8 Å². The molecule has 196 valence electrons. The van der Waals surface area contributed by atoms with Crippen molar-refractivity contribution < 1.29 is 19.6 Å². The Balaban J connectivity index is 1.52. The van der Waals surface area contributed by atoms with E-state index in [9.17, 15) is 24.8 Å². The number of nitro groups is 1. The topological polar surface area (TPSA) is 101 Å². The van der Waals surface area contributed by atoms with Gasteiger partial charge in [-0.05, 0) is 12.5 Å². The van der Waals surface area contributed by atoms with Crippen LogP contribution in [0.5, 0.6) is 5.75 Å². The van der Waals surface area contributed by atoms with Gasteiger partial charge in [0.25, 0.3) is 5.69 Å². The molecule has 1 aromatic rings. The van der Waals surface area contributed by atoms with E-state index in [4.69, 9.17) is 0 Å². The number of amides is 2. The molecule has 7 heteroatoms. The summed E-state index contributed by atoms with van der Waals surface area (Å²) in [5.74, 6) is -1.48. The van der Waals surface area contributed by atoms with Gasteiger partial charge in [0.05, 0.1) is 16.7 Å². The monoisotopic (exact) mass is 488 g/mol. The van der Waals surface area contributed by atoms with Crippen LogP contribution in [0.15, 0.2) is 18.2 Å². The number of nitrogens with zero attached hydrogens (tertiary/aromatic N) is 2. The number of benzene rings is 1. The molecule has 35 heavy (non-hydrogen) atoms. The molecule has 0 bridgehead atoms. The number of hydrogen-bond acceptors (Lipinski definition) is 5. The highest BCUT2D eigenvalue weighted by atomic mass is 16.6. The fourth-order valence-corrected chi connectivity index (χ4v) is 4.93. The highest BCUT2D eigenvalue weighted by molar-refractivity contribution is 6.21. The van der Waals surface area contributed by atoms with Crippen LogP contribution < -0.4 is 4.90 Å². The zero-order valence-electron chi connectivity index (χ0n) is 21.5. The van der Waals surface area contributed by atoms with Crippen LogP contribution in [0, 0.1) is 16.0 Å². The van der Waals surface area contributed by atoms with Gasteiger partial charge in [0.1, 0.15) is 5.75 Å². The van der Waals surface area contributed by atoms with E-state index >= 15 is 0 Å². The molecule has 2 amide bonds. The smallest absolute Gasteiger partial charge is 0.273 e. The summed E-state index contributed by atoms with van der Waals surface area (Å²) in [6, 6.07) is 3.43. The molecule has 2 rings (SSSR count). The van der Waals surface area contributed by atoms with E-state index in [0.29, 0.717) is 6.42 Å². The van der Waals surface area contributed by atoms with Gasteiger partial charge in [-0.1, -0.05) is 110 Å². The zero-order chi connectivity index (χ0) is 25.5. The average molecular weight is 489 g/mol. The summed E-state index contributed by atoms with van der Waals surface area (Å²) >= 11 is 0. The van der Waals surface area contributed by atoms with Gasteiger partial charge in [-0.2, -0.15) is 0 Å². The second-order valence-corrected chi connectivity index (χ2v) is 9.99. The number of imide groups is 1. The van der Waals surface area contributed by atoms with E-state index in [1.165, 1.54) is 95.6 Å². The second kappa shape index (κ2) is 16.3. The quantitative estimate of drug-likeness (QED) is 0.0925. The Morgan fingerprint density at radius 2 is 1.34 bits per heavy atom. The lowest BCUT2D eigenvalue weighted by Crippen LogP contribution is -2.30. The van der Waals surface area contributed by atoms with Gasteiger partial charge in [-0.3, -0.25) is 19.7 Å². The SMILES string of the molecule is CCCCCCCCCCCCCCCCCCC1CC(=O)N(c2ccc([N+](=O)[O-])cc2O)C1=O. The molecule has 0 spiro atoms. The second-order valence-electron chi connectivity index (χ2n) is 9.99. The molecule has 1 aromatic carbocycles. The molecule has 1 heterocycles. The number of rotatable bonds is 19. The number of carbonyl (C=O) groups excluding carboxylic acids is 2. The first-order chi connectivity index (χ1) is 17.0. The van der Waals surface area contributed by atoms with Gasteiger partial charge in [-0.25, -0.2) is 4.90 Å². The number of anilines is 1. The number of hydrogen-bond donors (Lipinski definition) is 1. The average Bonchev–Trinajstić information content (AvgIpc) is 3.11. The van der Waals surface area contributed by atoms with Crippen LogP contribution >= 0.6 is 0 Å². The van der Waals surface area contributed by atoms with Crippen molar-refractivity contribution in [2.75, 3.05) is 4.90 Å². The number of phenolic OH excluding ortho intramolecular Hbond substituents is 1. The van der Waals surface area contributed by atoms with Crippen LogP contribution in [0.2, 0.25) is 0 Å². The molecule has 0 saturated carbocycles. The number of non-ortho nitro benzene ring substituents is 1. The third kappa shape index (κ3) is 9.98. The van der Waals surface area contributed by atoms with Crippen molar-refractivity contribution in [1.29, 1.82) is 0 Å². The first-order valence-electron chi connectivity index (χ1n) is 13.8. The number of carbonyl (C=O) groups is 2. The third-order valence-electron chi connectivity index (χ3n) is 7.06. The van der Waals surface area contributed by atoms with E-state index in [1.807, 2.05) is 0 Å². The summed E-state index contributed by atoms with van der Waals surface area (Å²) in [4.78, 5) is 36.3. The predicted octanol–water partition coefficient (Wildman–Crippen LogP) is 7.83. The third-order valence-corrected chi connectivity index (χ3v) is 7.06. The van der Waals surface area contributed by atoms with Crippen LogP contribution in [0.4, 0.5) is 11.4 Å². The maximum atomic E-state index is 12.7. The molecule has 0 radical (unpaired) electrons. The minimum absolute atomic E-state index is 0.0278. The fraction of sp³-hybridized carbons (Fsp3) is 0.714. The standard InChI is InChI=1S/C28H44N2O5/c1-2-3-4-5-6-7-8-9-10-11-12-13-14-15-16-17-18-23-21-27(32)29(28(23)33)25-20-19-24(30(34)35)22-26(25)31/h19-20,22-23,31H,2-18,21H2,1H3. The van der Waals surface area contributed by atoms with Crippen molar-refractivity contribution >= 4 is 23.2 Å². The molecular formula is C28H44N2O5. The van der Waals surface area contributed by atoms with Gasteiger partial charge in [-0.15, -0.1) is 0 Å². The number of unbranched alkanes of at least 4 members (excludes halogenated alkanes) is 15. The van der Waals surface area contributed by atoms with Crippen molar-refractivity contribution in [1.82, 2.24) is 0 Å². The first kappa shape index (κ1) is 28.8.